The molecule has 10 nitrogen and oxygen atoms in total. The Morgan fingerprint density at radius 2 is 1.96 bits per heavy atom. The van der Waals surface area contributed by atoms with Crippen LogP contribution in [0.5, 0.6) is 0 Å². The first-order valence-corrected chi connectivity index (χ1v) is 8.57. The van der Waals surface area contributed by atoms with E-state index in [0.29, 0.717) is 31.0 Å². The Morgan fingerprint density at radius 1 is 1.27 bits per heavy atom. The third-order valence-corrected chi connectivity index (χ3v) is 4.77. The molecule has 0 aliphatic carbocycles. The lowest BCUT2D eigenvalue weighted by Crippen LogP contribution is -2.49. The summed E-state index contributed by atoms with van der Waals surface area (Å²) >= 11 is 0. The zero-order valence-corrected chi connectivity index (χ0v) is 15.3. The third kappa shape index (κ3) is 3.39. The van der Waals surface area contributed by atoms with Crippen LogP contribution in [0.15, 0.2) is 12.4 Å². The molecule has 0 atom stereocenters. The monoisotopic (exact) mass is 361 g/mol. The van der Waals surface area contributed by atoms with Crippen LogP contribution in [0, 0.1) is 24.0 Å². The lowest BCUT2D eigenvalue weighted by Gasteiger charge is -2.35. The van der Waals surface area contributed by atoms with Gasteiger partial charge in [0.2, 0.25) is 11.9 Å². The maximum atomic E-state index is 12.5. The first kappa shape index (κ1) is 17.9. The zero-order valence-electron chi connectivity index (χ0n) is 15.3. The van der Waals surface area contributed by atoms with Crippen LogP contribution < -0.4 is 4.90 Å². The molecule has 1 amide bonds. The van der Waals surface area contributed by atoms with Crippen LogP contribution in [-0.2, 0) is 18.4 Å². The maximum Gasteiger partial charge on any atom is 0.312 e. The fraction of sp³-hybridized carbons (Fsp3) is 0.562. The Balaban J connectivity index is 1.55. The fourth-order valence-corrected chi connectivity index (χ4v) is 3.35. The quantitative estimate of drug-likeness (QED) is 0.579. The van der Waals surface area contributed by atoms with E-state index in [1.165, 1.54) is 0 Å². The van der Waals surface area contributed by atoms with E-state index in [-0.39, 0.29) is 18.0 Å². The van der Waals surface area contributed by atoms with Gasteiger partial charge in [0, 0.05) is 52.0 Å². The van der Waals surface area contributed by atoms with Gasteiger partial charge in [-0.05, 0) is 13.8 Å². The minimum atomic E-state index is -0.424. The predicted molar refractivity (Wildman–Crippen MR) is 95.0 cm³/mol. The molecule has 26 heavy (non-hydrogen) atoms. The van der Waals surface area contributed by atoms with Gasteiger partial charge in [-0.15, -0.1) is 0 Å². The summed E-state index contributed by atoms with van der Waals surface area (Å²) in [6.07, 6.45) is 3.95. The SMILES string of the molecule is Cc1nn(CCC(=O)N2CCN(c3nccn3C)CC2)c(C)c1[N+](=O)[O-]. The number of anilines is 1. The van der Waals surface area contributed by atoms with Crippen molar-refractivity contribution in [2.75, 3.05) is 31.1 Å². The van der Waals surface area contributed by atoms with Gasteiger partial charge >= 0.3 is 5.69 Å². The molecule has 140 valence electrons. The number of aromatic nitrogens is 4. The molecule has 0 spiro atoms. The van der Waals surface area contributed by atoms with Gasteiger partial charge in [-0.1, -0.05) is 0 Å². The van der Waals surface area contributed by atoms with E-state index < -0.39 is 4.92 Å². The zero-order chi connectivity index (χ0) is 18.8. The van der Waals surface area contributed by atoms with Crippen LogP contribution in [0.4, 0.5) is 11.6 Å². The third-order valence-electron chi connectivity index (χ3n) is 4.77. The molecule has 0 N–H and O–H groups in total. The number of hydrogen-bond acceptors (Lipinski definition) is 6. The molecule has 3 heterocycles. The van der Waals surface area contributed by atoms with Crippen LogP contribution in [-0.4, -0.2) is 61.2 Å². The van der Waals surface area contributed by atoms with Crippen molar-refractivity contribution in [3.8, 4) is 0 Å². The van der Waals surface area contributed by atoms with E-state index in [1.54, 1.807) is 24.7 Å². The van der Waals surface area contributed by atoms with Crippen molar-refractivity contribution in [3.05, 3.63) is 33.9 Å². The molecule has 1 fully saturated rings. The smallest absolute Gasteiger partial charge is 0.312 e. The predicted octanol–water partition coefficient (Wildman–Crippen LogP) is 0.881. The molecule has 2 aromatic heterocycles. The summed E-state index contributed by atoms with van der Waals surface area (Å²) in [5.74, 6) is 0.951. The van der Waals surface area contributed by atoms with Crippen molar-refractivity contribution in [1.29, 1.82) is 0 Å². The summed E-state index contributed by atoms with van der Waals surface area (Å²) in [5, 5.41) is 15.2. The molecule has 2 aromatic rings. The van der Waals surface area contributed by atoms with Crippen LogP contribution in [0.1, 0.15) is 17.8 Å². The topological polar surface area (TPSA) is 102 Å². The van der Waals surface area contributed by atoms with Crippen molar-refractivity contribution < 1.29 is 9.72 Å². The van der Waals surface area contributed by atoms with Crippen molar-refractivity contribution in [1.82, 2.24) is 24.2 Å². The highest BCUT2D eigenvalue weighted by Gasteiger charge is 2.25. The van der Waals surface area contributed by atoms with Gasteiger partial charge in [-0.2, -0.15) is 5.10 Å². The summed E-state index contributed by atoms with van der Waals surface area (Å²) in [5.41, 5.74) is 0.893. The number of nitro groups is 1. The molecular weight excluding hydrogens is 338 g/mol. The highest BCUT2D eigenvalue weighted by molar-refractivity contribution is 5.76. The Bertz CT molecular complexity index is 818. The lowest BCUT2D eigenvalue weighted by atomic mass is 10.2. The minimum Gasteiger partial charge on any atom is -0.339 e. The van der Waals surface area contributed by atoms with E-state index in [2.05, 4.69) is 15.0 Å². The van der Waals surface area contributed by atoms with E-state index in [1.807, 2.05) is 22.7 Å². The number of carbonyl (C=O) groups is 1. The van der Waals surface area contributed by atoms with Gasteiger partial charge < -0.3 is 14.4 Å². The van der Waals surface area contributed by atoms with Crippen LogP contribution in [0.2, 0.25) is 0 Å². The van der Waals surface area contributed by atoms with Crippen molar-refractivity contribution in [3.63, 3.8) is 0 Å². The molecule has 0 bridgehead atoms. The normalized spacial score (nSPS) is 14.7. The summed E-state index contributed by atoms with van der Waals surface area (Å²) in [6, 6.07) is 0. The highest BCUT2D eigenvalue weighted by Crippen LogP contribution is 2.22. The number of imidazole rings is 1. The number of nitrogens with zero attached hydrogens (tertiary/aromatic N) is 7. The summed E-state index contributed by atoms with van der Waals surface area (Å²) < 4.78 is 3.52. The summed E-state index contributed by atoms with van der Waals surface area (Å²) in [6.45, 7) is 6.38. The van der Waals surface area contributed by atoms with Gasteiger partial charge in [0.15, 0.2) is 0 Å². The van der Waals surface area contributed by atoms with Gasteiger partial charge in [0.25, 0.3) is 0 Å². The average molecular weight is 361 g/mol. The second kappa shape index (κ2) is 7.14. The molecule has 3 rings (SSSR count). The molecule has 1 saturated heterocycles. The van der Waals surface area contributed by atoms with Crippen LogP contribution in [0.3, 0.4) is 0 Å². The van der Waals surface area contributed by atoms with Crippen LogP contribution in [0.25, 0.3) is 0 Å². The molecule has 0 saturated carbocycles. The molecule has 0 aromatic carbocycles. The Kier molecular flexibility index (Phi) is 4.92. The minimum absolute atomic E-state index is 0.0288. The number of aryl methyl sites for hydroxylation is 3. The number of hydrogen-bond donors (Lipinski definition) is 0. The van der Waals surface area contributed by atoms with E-state index >= 15 is 0 Å². The second-order valence-corrected chi connectivity index (χ2v) is 6.46. The average Bonchev–Trinajstić information content (AvgIpc) is 3.15. The maximum absolute atomic E-state index is 12.5. The Labute approximate surface area is 151 Å². The molecule has 0 unspecified atom stereocenters. The number of rotatable bonds is 5. The molecular formula is C16H23N7O3. The fourth-order valence-electron chi connectivity index (χ4n) is 3.35. The van der Waals surface area contributed by atoms with Crippen LogP contribution >= 0.6 is 0 Å². The van der Waals surface area contributed by atoms with Crippen molar-refractivity contribution >= 4 is 17.5 Å². The highest BCUT2D eigenvalue weighted by atomic mass is 16.6. The number of amides is 1. The van der Waals surface area contributed by atoms with Crippen molar-refractivity contribution in [2.24, 2.45) is 7.05 Å². The summed E-state index contributed by atoms with van der Waals surface area (Å²) in [7, 11) is 1.95. The molecule has 1 aliphatic rings. The largest absolute Gasteiger partial charge is 0.339 e. The molecule has 1 aliphatic heterocycles. The van der Waals surface area contributed by atoms with E-state index in [0.717, 1.165) is 19.0 Å². The molecule has 10 heteroatoms. The Hall–Kier alpha value is -2.91. The molecule has 0 radical (unpaired) electrons. The van der Waals surface area contributed by atoms with Crippen molar-refractivity contribution in [2.45, 2.75) is 26.8 Å². The first-order valence-electron chi connectivity index (χ1n) is 8.57. The van der Waals surface area contributed by atoms with E-state index in [9.17, 15) is 14.9 Å². The number of piperazine rings is 1. The lowest BCUT2D eigenvalue weighted by molar-refractivity contribution is -0.386. The summed E-state index contributed by atoms with van der Waals surface area (Å²) in [4.78, 5) is 31.4. The van der Waals surface area contributed by atoms with Gasteiger partial charge in [-0.3, -0.25) is 19.6 Å². The van der Waals surface area contributed by atoms with E-state index in [4.69, 9.17) is 0 Å². The van der Waals surface area contributed by atoms with Gasteiger partial charge in [0.1, 0.15) is 11.4 Å². The van der Waals surface area contributed by atoms with Gasteiger partial charge in [-0.25, -0.2) is 4.98 Å². The first-order chi connectivity index (χ1) is 12.4. The van der Waals surface area contributed by atoms with Gasteiger partial charge in [0.05, 0.1) is 11.5 Å². The number of carbonyl (C=O) groups excluding carboxylic acids is 1. The Morgan fingerprint density at radius 3 is 2.50 bits per heavy atom. The standard InChI is InChI=1S/C16H23N7O3/c1-12-15(23(25)26)13(2)22(18-12)6-4-14(24)20-8-10-21(11-9-20)16-17-5-7-19(16)3/h5,7H,4,6,8-11H2,1-3H3. The second-order valence-electron chi connectivity index (χ2n) is 6.46.